The maximum atomic E-state index is 12.2. The third-order valence-electron chi connectivity index (χ3n) is 4.50. The van der Waals surface area contributed by atoms with Gasteiger partial charge in [-0.25, -0.2) is 0 Å². The Kier molecular flexibility index (Phi) is 5.39. The SMILES string of the molecule is CC(CC(=O)Nc1nnc(C2CCCCC2)s1)c1ccccc1. The van der Waals surface area contributed by atoms with Crippen molar-refractivity contribution in [2.75, 3.05) is 5.32 Å². The van der Waals surface area contributed by atoms with E-state index in [-0.39, 0.29) is 11.8 Å². The van der Waals surface area contributed by atoms with Crippen molar-refractivity contribution in [3.63, 3.8) is 0 Å². The molecule has 0 radical (unpaired) electrons. The van der Waals surface area contributed by atoms with E-state index in [9.17, 15) is 4.79 Å². The standard InChI is InChI=1S/C18H23N3OS/c1-13(14-8-4-2-5-9-14)12-16(22)19-18-21-20-17(23-18)15-10-6-3-7-11-15/h2,4-5,8-9,13,15H,3,6-7,10-12H2,1H3,(H,19,21,22). The molecule has 122 valence electrons. The summed E-state index contributed by atoms with van der Waals surface area (Å²) in [7, 11) is 0. The summed E-state index contributed by atoms with van der Waals surface area (Å²) in [5, 5.41) is 13.1. The average molecular weight is 329 g/mol. The molecule has 1 fully saturated rings. The Labute approximate surface area is 141 Å². The molecule has 1 aliphatic rings. The van der Waals surface area contributed by atoms with Gasteiger partial charge in [0.15, 0.2) is 0 Å². The van der Waals surface area contributed by atoms with Crippen molar-refractivity contribution in [2.24, 2.45) is 0 Å². The lowest BCUT2D eigenvalue weighted by molar-refractivity contribution is -0.116. The summed E-state index contributed by atoms with van der Waals surface area (Å²) < 4.78 is 0. The minimum absolute atomic E-state index is 0.00713. The molecule has 1 saturated carbocycles. The smallest absolute Gasteiger partial charge is 0.226 e. The molecule has 0 bridgehead atoms. The number of aromatic nitrogens is 2. The van der Waals surface area contributed by atoms with Crippen LogP contribution in [0, 0.1) is 0 Å². The van der Waals surface area contributed by atoms with E-state index in [1.165, 1.54) is 49.0 Å². The van der Waals surface area contributed by atoms with E-state index < -0.39 is 0 Å². The van der Waals surface area contributed by atoms with Crippen molar-refractivity contribution >= 4 is 22.4 Å². The molecule has 1 atom stereocenters. The van der Waals surface area contributed by atoms with Crippen molar-refractivity contribution in [3.05, 3.63) is 40.9 Å². The molecular weight excluding hydrogens is 306 g/mol. The number of carbonyl (C=O) groups is 1. The summed E-state index contributed by atoms with van der Waals surface area (Å²) in [5.74, 6) is 0.741. The highest BCUT2D eigenvalue weighted by Crippen LogP contribution is 2.35. The molecule has 5 heteroatoms. The van der Waals surface area contributed by atoms with Crippen LogP contribution in [0.2, 0.25) is 0 Å². The Morgan fingerprint density at radius 1 is 1.22 bits per heavy atom. The summed E-state index contributed by atoms with van der Waals surface area (Å²) >= 11 is 1.54. The summed E-state index contributed by atoms with van der Waals surface area (Å²) in [6, 6.07) is 10.1. The Hall–Kier alpha value is -1.75. The number of anilines is 1. The number of nitrogens with one attached hydrogen (secondary N) is 1. The van der Waals surface area contributed by atoms with Crippen LogP contribution in [-0.4, -0.2) is 16.1 Å². The number of hydrogen-bond acceptors (Lipinski definition) is 4. The van der Waals surface area contributed by atoms with Gasteiger partial charge in [0.05, 0.1) is 0 Å². The number of hydrogen-bond donors (Lipinski definition) is 1. The largest absolute Gasteiger partial charge is 0.301 e. The van der Waals surface area contributed by atoms with Crippen LogP contribution in [0.15, 0.2) is 30.3 Å². The fourth-order valence-electron chi connectivity index (χ4n) is 3.15. The molecule has 1 aromatic carbocycles. The van der Waals surface area contributed by atoms with E-state index in [0.717, 1.165) is 5.01 Å². The molecule has 0 saturated heterocycles. The second-order valence-electron chi connectivity index (χ2n) is 6.34. The van der Waals surface area contributed by atoms with E-state index in [1.807, 2.05) is 18.2 Å². The summed E-state index contributed by atoms with van der Waals surface area (Å²) in [4.78, 5) is 12.2. The van der Waals surface area contributed by atoms with Gasteiger partial charge in [-0.15, -0.1) is 10.2 Å². The van der Waals surface area contributed by atoms with Crippen molar-refractivity contribution in [1.29, 1.82) is 0 Å². The zero-order valence-electron chi connectivity index (χ0n) is 13.5. The Bertz CT molecular complexity index is 635. The predicted molar refractivity (Wildman–Crippen MR) is 93.8 cm³/mol. The number of carbonyl (C=O) groups excluding carboxylic acids is 1. The van der Waals surface area contributed by atoms with Gasteiger partial charge < -0.3 is 5.32 Å². The van der Waals surface area contributed by atoms with Crippen LogP contribution in [0.1, 0.15) is 67.9 Å². The minimum atomic E-state index is 0.00713. The Morgan fingerprint density at radius 3 is 2.70 bits per heavy atom. The van der Waals surface area contributed by atoms with Gasteiger partial charge in [-0.1, -0.05) is 67.9 Å². The van der Waals surface area contributed by atoms with Crippen LogP contribution in [0.25, 0.3) is 0 Å². The van der Waals surface area contributed by atoms with Gasteiger partial charge in [0.1, 0.15) is 5.01 Å². The monoisotopic (exact) mass is 329 g/mol. The third kappa shape index (κ3) is 4.38. The molecule has 23 heavy (non-hydrogen) atoms. The van der Waals surface area contributed by atoms with Crippen molar-refractivity contribution in [2.45, 2.75) is 57.3 Å². The molecule has 2 aromatic rings. The van der Waals surface area contributed by atoms with Crippen LogP contribution in [0.5, 0.6) is 0 Å². The normalized spacial score (nSPS) is 16.9. The molecule has 1 amide bonds. The minimum Gasteiger partial charge on any atom is -0.301 e. The van der Waals surface area contributed by atoms with Crippen molar-refractivity contribution in [1.82, 2.24) is 10.2 Å². The van der Waals surface area contributed by atoms with E-state index in [0.29, 0.717) is 17.5 Å². The molecular formula is C18H23N3OS. The highest BCUT2D eigenvalue weighted by Gasteiger charge is 2.20. The lowest BCUT2D eigenvalue weighted by Gasteiger charge is -2.18. The van der Waals surface area contributed by atoms with Gasteiger partial charge in [-0.05, 0) is 24.3 Å². The first-order valence-corrected chi connectivity index (χ1v) is 9.22. The van der Waals surface area contributed by atoms with Crippen LogP contribution >= 0.6 is 11.3 Å². The van der Waals surface area contributed by atoms with Crippen LogP contribution in [0.3, 0.4) is 0 Å². The van der Waals surface area contributed by atoms with Gasteiger partial charge in [-0.3, -0.25) is 4.79 Å². The predicted octanol–water partition coefficient (Wildman–Crippen LogP) is 4.72. The second kappa shape index (κ2) is 7.68. The van der Waals surface area contributed by atoms with Crippen LogP contribution in [0.4, 0.5) is 5.13 Å². The third-order valence-corrected chi connectivity index (χ3v) is 5.50. The van der Waals surface area contributed by atoms with E-state index in [2.05, 4.69) is 34.6 Å². The molecule has 1 heterocycles. The number of benzene rings is 1. The maximum Gasteiger partial charge on any atom is 0.226 e. The molecule has 1 N–H and O–H groups in total. The van der Waals surface area contributed by atoms with Crippen LogP contribution < -0.4 is 5.32 Å². The number of nitrogens with zero attached hydrogens (tertiary/aromatic N) is 2. The van der Waals surface area contributed by atoms with Gasteiger partial charge in [-0.2, -0.15) is 0 Å². The first-order chi connectivity index (χ1) is 11.2. The first kappa shape index (κ1) is 16.1. The van der Waals surface area contributed by atoms with Crippen molar-refractivity contribution in [3.8, 4) is 0 Å². The van der Waals surface area contributed by atoms with E-state index in [4.69, 9.17) is 0 Å². The fourth-order valence-corrected chi connectivity index (χ4v) is 4.08. The number of amides is 1. The fraction of sp³-hybridized carbons (Fsp3) is 0.500. The summed E-state index contributed by atoms with van der Waals surface area (Å²) in [6.07, 6.45) is 6.75. The summed E-state index contributed by atoms with van der Waals surface area (Å²) in [6.45, 7) is 2.07. The van der Waals surface area contributed by atoms with Gasteiger partial charge >= 0.3 is 0 Å². The number of rotatable bonds is 5. The zero-order valence-corrected chi connectivity index (χ0v) is 14.3. The molecule has 1 aromatic heterocycles. The van der Waals surface area contributed by atoms with Gasteiger partial charge in [0.25, 0.3) is 0 Å². The second-order valence-corrected chi connectivity index (χ2v) is 7.35. The average Bonchev–Trinajstić information content (AvgIpc) is 3.04. The molecule has 0 aliphatic heterocycles. The molecule has 0 spiro atoms. The lowest BCUT2D eigenvalue weighted by Crippen LogP contribution is -2.14. The van der Waals surface area contributed by atoms with Crippen molar-refractivity contribution < 1.29 is 4.79 Å². The van der Waals surface area contributed by atoms with Crippen LogP contribution in [-0.2, 0) is 4.79 Å². The van der Waals surface area contributed by atoms with Gasteiger partial charge in [0, 0.05) is 12.3 Å². The maximum absolute atomic E-state index is 12.2. The molecule has 4 nitrogen and oxygen atoms in total. The van der Waals surface area contributed by atoms with E-state index >= 15 is 0 Å². The molecule has 3 rings (SSSR count). The van der Waals surface area contributed by atoms with Gasteiger partial charge in [0.2, 0.25) is 11.0 Å². The zero-order chi connectivity index (χ0) is 16.1. The molecule has 1 aliphatic carbocycles. The van der Waals surface area contributed by atoms with E-state index in [1.54, 1.807) is 0 Å². The highest BCUT2D eigenvalue weighted by molar-refractivity contribution is 7.15. The Balaban J connectivity index is 1.54. The Morgan fingerprint density at radius 2 is 1.96 bits per heavy atom. The first-order valence-electron chi connectivity index (χ1n) is 8.40. The topological polar surface area (TPSA) is 54.9 Å². The highest BCUT2D eigenvalue weighted by atomic mass is 32.1. The lowest BCUT2D eigenvalue weighted by atomic mass is 9.90. The quantitative estimate of drug-likeness (QED) is 0.863. The summed E-state index contributed by atoms with van der Waals surface area (Å²) in [5.41, 5.74) is 1.18. The molecule has 1 unspecified atom stereocenters.